The van der Waals surface area contributed by atoms with E-state index in [0.29, 0.717) is 28.6 Å². The molecule has 1 heterocycles. The molecule has 2 amide bonds. The normalized spacial score (nSPS) is 10.2. The smallest absolute Gasteiger partial charge is 0.263 e. The maximum absolute atomic E-state index is 12.0. The van der Waals surface area contributed by atoms with Crippen LogP contribution in [0.5, 0.6) is 0 Å². The Morgan fingerprint density at radius 3 is 2.40 bits per heavy atom. The maximum Gasteiger partial charge on any atom is 0.263 e. The number of carbonyl (C=O) groups excluding carboxylic acids is 2. The minimum atomic E-state index is -0.312. The van der Waals surface area contributed by atoms with Gasteiger partial charge in [-0.25, -0.2) is 0 Å². The maximum atomic E-state index is 12.0. The highest BCUT2D eigenvalue weighted by Crippen LogP contribution is 2.37. The van der Waals surface area contributed by atoms with E-state index >= 15 is 0 Å². The number of amides is 2. The number of likely N-dealkylation sites (N-methyl/N-ethyl adjacent to an activating group) is 1. The number of nitrogen functional groups attached to an aromatic ring is 1. The third-order valence-electron chi connectivity index (χ3n) is 2.79. The lowest BCUT2D eigenvalue weighted by molar-refractivity contribution is 0.0962. The Bertz CT molecular complexity index is 501. The van der Waals surface area contributed by atoms with Gasteiger partial charge in [0.25, 0.3) is 11.8 Å². The van der Waals surface area contributed by atoms with Crippen molar-refractivity contribution in [3.05, 3.63) is 10.4 Å². The summed E-state index contributed by atoms with van der Waals surface area (Å²) < 4.78 is 5.02. The molecule has 4 N–H and O–H groups in total. The van der Waals surface area contributed by atoms with E-state index in [1.165, 1.54) is 25.4 Å². The number of nitrogens with one attached hydrogen (secondary N) is 2. The largest absolute Gasteiger partial charge is 0.397 e. The Kier molecular flexibility index (Phi) is 5.78. The van der Waals surface area contributed by atoms with Gasteiger partial charge in [-0.05, 0) is 0 Å². The Morgan fingerprint density at radius 2 is 1.90 bits per heavy atom. The number of methoxy groups -OCH3 is 1. The van der Waals surface area contributed by atoms with Gasteiger partial charge in [-0.15, -0.1) is 11.3 Å². The summed E-state index contributed by atoms with van der Waals surface area (Å²) in [6.07, 6.45) is 0. The topological polar surface area (TPSA) is 96.7 Å². The average Bonchev–Trinajstić information content (AvgIpc) is 2.80. The molecular formula is C12H20N4O3S. The van der Waals surface area contributed by atoms with Crippen LogP contribution in [0.3, 0.4) is 0 Å². The molecule has 0 radical (unpaired) electrons. The Labute approximate surface area is 122 Å². The van der Waals surface area contributed by atoms with Gasteiger partial charge < -0.3 is 26.0 Å². The van der Waals surface area contributed by atoms with Crippen molar-refractivity contribution in [2.24, 2.45) is 0 Å². The van der Waals surface area contributed by atoms with Crippen LogP contribution < -0.4 is 21.3 Å². The van der Waals surface area contributed by atoms with E-state index in [-0.39, 0.29) is 17.5 Å². The molecule has 1 aromatic heterocycles. The van der Waals surface area contributed by atoms with Crippen molar-refractivity contribution in [1.29, 1.82) is 0 Å². The van der Waals surface area contributed by atoms with Crippen molar-refractivity contribution in [2.75, 3.05) is 52.0 Å². The van der Waals surface area contributed by atoms with E-state index < -0.39 is 0 Å². The lowest BCUT2D eigenvalue weighted by Gasteiger charge is -2.18. The molecule has 0 bridgehead atoms. The van der Waals surface area contributed by atoms with Crippen molar-refractivity contribution in [1.82, 2.24) is 10.6 Å². The van der Waals surface area contributed by atoms with Crippen LogP contribution in [0.1, 0.15) is 20.0 Å². The van der Waals surface area contributed by atoms with Crippen molar-refractivity contribution in [3.8, 4) is 0 Å². The molecule has 1 rings (SSSR count). The highest BCUT2D eigenvalue weighted by molar-refractivity contribution is 7.19. The molecule has 0 aliphatic carbocycles. The highest BCUT2D eigenvalue weighted by atomic mass is 32.1. The number of hydrogen-bond acceptors (Lipinski definition) is 6. The molecule has 0 atom stereocenters. The Hall–Kier alpha value is -1.80. The molecule has 0 aliphatic rings. The third-order valence-corrected chi connectivity index (χ3v) is 4.11. The third kappa shape index (κ3) is 3.20. The summed E-state index contributed by atoms with van der Waals surface area (Å²) in [4.78, 5) is 26.0. The Morgan fingerprint density at radius 1 is 1.30 bits per heavy atom. The summed E-state index contributed by atoms with van der Waals surface area (Å²) >= 11 is 1.19. The molecule has 7 nitrogen and oxygen atoms in total. The zero-order chi connectivity index (χ0) is 15.3. The van der Waals surface area contributed by atoms with E-state index in [0.717, 1.165) is 0 Å². The second kappa shape index (κ2) is 7.11. The lowest BCUT2D eigenvalue weighted by Crippen LogP contribution is -2.26. The highest BCUT2D eigenvalue weighted by Gasteiger charge is 2.26. The van der Waals surface area contributed by atoms with Gasteiger partial charge in [0, 0.05) is 34.8 Å². The first-order valence-corrected chi connectivity index (χ1v) is 6.86. The molecule has 1 aromatic rings. The second-order valence-corrected chi connectivity index (χ2v) is 5.10. The number of anilines is 2. The van der Waals surface area contributed by atoms with Gasteiger partial charge in [0.05, 0.1) is 17.9 Å². The van der Waals surface area contributed by atoms with E-state index in [9.17, 15) is 9.59 Å². The minimum absolute atomic E-state index is 0.202. The molecule has 0 unspecified atom stereocenters. The molecular weight excluding hydrogens is 280 g/mol. The van der Waals surface area contributed by atoms with Crippen LogP contribution in [0, 0.1) is 0 Å². The fourth-order valence-corrected chi connectivity index (χ4v) is 2.81. The zero-order valence-electron chi connectivity index (χ0n) is 12.1. The summed E-state index contributed by atoms with van der Waals surface area (Å²) in [6.45, 7) is 1.10. The fourth-order valence-electron chi connectivity index (χ4n) is 1.66. The number of nitrogens with two attached hydrogens (primary N) is 1. The van der Waals surface area contributed by atoms with Gasteiger partial charge in [-0.2, -0.15) is 0 Å². The van der Waals surface area contributed by atoms with Crippen molar-refractivity contribution < 1.29 is 14.3 Å². The summed E-state index contributed by atoms with van der Waals surface area (Å²) in [5, 5.41) is 5.71. The van der Waals surface area contributed by atoms with E-state index in [4.69, 9.17) is 10.5 Å². The lowest BCUT2D eigenvalue weighted by atomic mass is 10.2. The van der Waals surface area contributed by atoms with Gasteiger partial charge in [0.2, 0.25) is 0 Å². The van der Waals surface area contributed by atoms with Crippen LogP contribution >= 0.6 is 11.3 Å². The van der Waals surface area contributed by atoms with Gasteiger partial charge in [-0.1, -0.05) is 0 Å². The van der Waals surface area contributed by atoms with E-state index in [1.807, 2.05) is 11.9 Å². The van der Waals surface area contributed by atoms with Gasteiger partial charge in [-0.3, -0.25) is 9.59 Å². The molecule has 20 heavy (non-hydrogen) atoms. The van der Waals surface area contributed by atoms with Gasteiger partial charge in [0.15, 0.2) is 0 Å². The molecule has 0 spiro atoms. The molecule has 8 heteroatoms. The number of ether oxygens (including phenoxy) is 1. The van der Waals surface area contributed by atoms with Crippen LogP contribution in [0.15, 0.2) is 0 Å². The van der Waals surface area contributed by atoms with Crippen LogP contribution in [0.2, 0.25) is 0 Å². The van der Waals surface area contributed by atoms with E-state index in [2.05, 4.69) is 10.6 Å². The Balaban J connectivity index is 3.26. The molecule has 112 valence electrons. The quantitative estimate of drug-likeness (QED) is 0.694. The molecule has 0 fully saturated rings. The summed E-state index contributed by atoms with van der Waals surface area (Å²) in [5.74, 6) is -0.614. The average molecular weight is 300 g/mol. The molecule has 0 saturated heterocycles. The monoisotopic (exact) mass is 300 g/mol. The zero-order valence-corrected chi connectivity index (χ0v) is 12.9. The predicted octanol–water partition coefficient (Wildman–Crippen LogP) is 0.132. The van der Waals surface area contributed by atoms with Crippen molar-refractivity contribution in [2.45, 2.75) is 0 Å². The molecule has 0 saturated carbocycles. The number of thiophene rings is 1. The number of nitrogens with zero attached hydrogens (tertiary/aromatic N) is 1. The van der Waals surface area contributed by atoms with Crippen molar-refractivity contribution >= 4 is 33.8 Å². The van der Waals surface area contributed by atoms with Crippen LogP contribution in [-0.2, 0) is 4.74 Å². The standard InChI is InChI=1S/C12H20N4O3S/c1-14-10(17)7-8(13)9(11(18)15-2)20-12(7)16(3)5-6-19-4/h5-6,13H2,1-4H3,(H,14,17)(H,15,18). The first-order chi connectivity index (χ1) is 9.47. The van der Waals surface area contributed by atoms with Gasteiger partial charge >= 0.3 is 0 Å². The number of carbonyl (C=O) groups is 2. The first-order valence-electron chi connectivity index (χ1n) is 6.04. The molecule has 0 aromatic carbocycles. The SMILES string of the molecule is CNC(=O)c1sc(N(C)CCOC)c(C(=O)NC)c1N. The predicted molar refractivity (Wildman–Crippen MR) is 80.7 cm³/mol. The van der Waals surface area contributed by atoms with Crippen LogP contribution in [0.25, 0.3) is 0 Å². The summed E-state index contributed by atoms with van der Waals surface area (Å²) in [7, 11) is 6.48. The first kappa shape index (κ1) is 16.3. The van der Waals surface area contributed by atoms with Crippen LogP contribution in [-0.4, -0.2) is 53.2 Å². The fraction of sp³-hybridized carbons (Fsp3) is 0.500. The van der Waals surface area contributed by atoms with Crippen LogP contribution in [0.4, 0.5) is 10.7 Å². The summed E-state index contributed by atoms with van der Waals surface area (Å²) in [5.41, 5.74) is 6.48. The van der Waals surface area contributed by atoms with E-state index in [1.54, 1.807) is 7.11 Å². The number of rotatable bonds is 6. The second-order valence-electron chi connectivity index (χ2n) is 4.10. The number of hydrogen-bond donors (Lipinski definition) is 3. The minimum Gasteiger partial charge on any atom is -0.397 e. The molecule has 0 aliphatic heterocycles. The van der Waals surface area contributed by atoms with Crippen molar-refractivity contribution in [3.63, 3.8) is 0 Å². The summed E-state index contributed by atoms with van der Waals surface area (Å²) in [6, 6.07) is 0. The van der Waals surface area contributed by atoms with Gasteiger partial charge in [0.1, 0.15) is 9.88 Å².